The Bertz CT molecular complexity index is 1160. The first kappa shape index (κ1) is 16.5. The van der Waals surface area contributed by atoms with Crippen LogP contribution in [0.2, 0.25) is 0 Å². The van der Waals surface area contributed by atoms with Gasteiger partial charge in [0.2, 0.25) is 11.7 Å². The van der Waals surface area contributed by atoms with E-state index in [2.05, 4.69) is 19.9 Å². The highest BCUT2D eigenvalue weighted by Crippen LogP contribution is 2.40. The Kier molecular flexibility index (Phi) is 3.36. The van der Waals surface area contributed by atoms with Crippen molar-refractivity contribution in [2.45, 2.75) is 18.8 Å². The summed E-state index contributed by atoms with van der Waals surface area (Å²) >= 11 is 0. The summed E-state index contributed by atoms with van der Waals surface area (Å²) in [4.78, 5) is 28.7. The molecule has 0 unspecified atom stereocenters. The first-order valence-corrected chi connectivity index (χ1v) is 8.12. The van der Waals surface area contributed by atoms with Crippen LogP contribution in [0.25, 0.3) is 11.1 Å². The number of hydrogen-bond donors (Lipinski definition) is 1. The number of rotatable bonds is 2. The molecule has 4 heterocycles. The minimum atomic E-state index is -4.82. The molecule has 142 valence electrons. The molecular formula is C17H10F3N5O3. The van der Waals surface area contributed by atoms with Crippen LogP contribution in [0.1, 0.15) is 39.6 Å². The average molecular weight is 389 g/mol. The summed E-state index contributed by atoms with van der Waals surface area (Å²) in [6.45, 7) is -0.00441. The van der Waals surface area contributed by atoms with E-state index in [1.54, 1.807) is 24.3 Å². The third-order valence-electron chi connectivity index (χ3n) is 4.49. The Morgan fingerprint density at radius 1 is 1.25 bits per heavy atom. The number of H-pyrrole nitrogens is 1. The van der Waals surface area contributed by atoms with Gasteiger partial charge < -0.3 is 18.7 Å². The molecule has 0 aliphatic carbocycles. The van der Waals surface area contributed by atoms with Crippen LogP contribution < -0.4 is 0 Å². The van der Waals surface area contributed by atoms with Gasteiger partial charge >= 0.3 is 6.18 Å². The molecule has 0 fully saturated rings. The highest BCUT2D eigenvalue weighted by Gasteiger charge is 2.46. The van der Waals surface area contributed by atoms with E-state index in [9.17, 15) is 18.0 Å². The number of aromatic amines is 1. The van der Waals surface area contributed by atoms with Crippen molar-refractivity contribution in [1.29, 1.82) is 0 Å². The molecule has 1 aliphatic rings. The third-order valence-corrected chi connectivity index (χ3v) is 4.49. The van der Waals surface area contributed by atoms with Gasteiger partial charge in [0.25, 0.3) is 5.91 Å². The van der Waals surface area contributed by atoms with Crippen LogP contribution in [0.3, 0.4) is 0 Å². The average Bonchev–Trinajstić information content (AvgIpc) is 3.40. The summed E-state index contributed by atoms with van der Waals surface area (Å²) in [5.74, 6) is -1.73. The maximum atomic E-state index is 13.1. The molecule has 28 heavy (non-hydrogen) atoms. The van der Waals surface area contributed by atoms with Gasteiger partial charge in [-0.3, -0.25) is 4.79 Å². The van der Waals surface area contributed by atoms with Crippen LogP contribution in [-0.2, 0) is 12.7 Å². The number of imidazole rings is 1. The van der Waals surface area contributed by atoms with E-state index in [0.717, 1.165) is 4.90 Å². The Morgan fingerprint density at radius 3 is 2.86 bits per heavy atom. The van der Waals surface area contributed by atoms with Gasteiger partial charge in [0.1, 0.15) is 5.52 Å². The maximum Gasteiger partial charge on any atom is 0.437 e. The summed E-state index contributed by atoms with van der Waals surface area (Å²) in [7, 11) is 0. The highest BCUT2D eigenvalue weighted by molar-refractivity contribution is 5.93. The number of oxazole rings is 2. The monoisotopic (exact) mass is 389 g/mol. The van der Waals surface area contributed by atoms with Crippen LogP contribution in [0.5, 0.6) is 0 Å². The van der Waals surface area contributed by atoms with Crippen molar-refractivity contribution in [3.8, 4) is 0 Å². The molecule has 0 saturated carbocycles. The fourth-order valence-corrected chi connectivity index (χ4v) is 3.28. The van der Waals surface area contributed by atoms with Crippen LogP contribution in [0, 0.1) is 0 Å². The SMILES string of the molecule is O=C(c1ocnc1C(F)(F)F)N1Cc2[nH]cnc2[C@H]1c1nc2ccccc2o1. The van der Waals surface area contributed by atoms with E-state index < -0.39 is 29.6 Å². The number of hydrogen-bond acceptors (Lipinski definition) is 6. The van der Waals surface area contributed by atoms with Crippen molar-refractivity contribution >= 4 is 17.0 Å². The minimum Gasteiger partial charge on any atom is -0.438 e. The minimum absolute atomic E-state index is 0.00441. The second-order valence-electron chi connectivity index (χ2n) is 6.15. The van der Waals surface area contributed by atoms with Crippen molar-refractivity contribution < 1.29 is 26.8 Å². The smallest absolute Gasteiger partial charge is 0.437 e. The van der Waals surface area contributed by atoms with Crippen molar-refractivity contribution in [3.05, 3.63) is 65.7 Å². The van der Waals surface area contributed by atoms with Crippen LogP contribution >= 0.6 is 0 Å². The highest BCUT2D eigenvalue weighted by atomic mass is 19.4. The molecule has 8 nitrogen and oxygen atoms in total. The largest absolute Gasteiger partial charge is 0.438 e. The molecule has 1 amide bonds. The van der Waals surface area contributed by atoms with E-state index in [0.29, 0.717) is 28.9 Å². The van der Waals surface area contributed by atoms with Gasteiger partial charge in [0.05, 0.1) is 24.3 Å². The van der Waals surface area contributed by atoms with Crippen molar-refractivity contribution in [2.75, 3.05) is 0 Å². The third kappa shape index (κ3) is 2.39. The lowest BCUT2D eigenvalue weighted by Crippen LogP contribution is -2.32. The van der Waals surface area contributed by atoms with E-state index in [-0.39, 0.29) is 12.4 Å². The summed E-state index contributed by atoms with van der Waals surface area (Å²) in [5.41, 5.74) is 0.702. The Labute approximate surface area is 154 Å². The lowest BCUT2D eigenvalue weighted by Gasteiger charge is -2.21. The van der Waals surface area contributed by atoms with E-state index in [1.807, 2.05) is 0 Å². The number of nitrogens with zero attached hydrogens (tertiary/aromatic N) is 4. The normalized spacial score (nSPS) is 16.7. The number of amides is 1. The van der Waals surface area contributed by atoms with Crippen LogP contribution in [0.15, 0.2) is 45.8 Å². The van der Waals surface area contributed by atoms with Gasteiger partial charge in [0.15, 0.2) is 23.7 Å². The summed E-state index contributed by atoms with van der Waals surface area (Å²) in [6, 6.07) is 6.08. The molecule has 0 radical (unpaired) electrons. The molecule has 4 aromatic rings. The number of alkyl halides is 3. The van der Waals surface area contributed by atoms with Gasteiger partial charge in [-0.2, -0.15) is 13.2 Å². The Morgan fingerprint density at radius 2 is 2.07 bits per heavy atom. The number of para-hydroxylation sites is 2. The fraction of sp³-hybridized carbons (Fsp3) is 0.176. The zero-order valence-corrected chi connectivity index (χ0v) is 13.9. The van der Waals surface area contributed by atoms with Gasteiger partial charge in [0, 0.05) is 0 Å². The Balaban J connectivity index is 1.60. The number of carbonyl (C=O) groups is 1. The molecule has 0 saturated heterocycles. The summed E-state index contributed by atoms with van der Waals surface area (Å²) in [6.07, 6.45) is -2.78. The molecule has 1 aliphatic heterocycles. The van der Waals surface area contributed by atoms with Crippen molar-refractivity contribution in [1.82, 2.24) is 24.8 Å². The molecular weight excluding hydrogens is 379 g/mol. The lowest BCUT2D eigenvalue weighted by molar-refractivity contribution is -0.141. The summed E-state index contributed by atoms with van der Waals surface area (Å²) in [5, 5.41) is 0. The molecule has 3 aromatic heterocycles. The Hall–Kier alpha value is -3.63. The molecule has 1 N–H and O–H groups in total. The topological polar surface area (TPSA) is 101 Å². The second-order valence-corrected chi connectivity index (χ2v) is 6.15. The van der Waals surface area contributed by atoms with Gasteiger partial charge in [-0.15, -0.1) is 0 Å². The predicted octanol–water partition coefficient (Wildman–Crippen LogP) is 3.30. The number of fused-ring (bicyclic) bond motifs is 2. The summed E-state index contributed by atoms with van der Waals surface area (Å²) < 4.78 is 50.0. The van der Waals surface area contributed by atoms with Crippen molar-refractivity contribution in [3.63, 3.8) is 0 Å². The predicted molar refractivity (Wildman–Crippen MR) is 85.8 cm³/mol. The molecule has 1 atom stereocenters. The molecule has 0 spiro atoms. The number of nitrogens with one attached hydrogen (secondary N) is 1. The number of benzene rings is 1. The number of halogens is 3. The lowest BCUT2D eigenvalue weighted by atomic mass is 10.2. The molecule has 0 bridgehead atoms. The van der Waals surface area contributed by atoms with E-state index in [4.69, 9.17) is 8.83 Å². The number of carbonyl (C=O) groups excluding carboxylic acids is 1. The van der Waals surface area contributed by atoms with Crippen molar-refractivity contribution in [2.24, 2.45) is 0 Å². The second kappa shape index (κ2) is 5.68. The number of aromatic nitrogens is 4. The first-order chi connectivity index (χ1) is 13.4. The quantitative estimate of drug-likeness (QED) is 0.565. The van der Waals surface area contributed by atoms with Crippen LogP contribution in [0.4, 0.5) is 13.2 Å². The van der Waals surface area contributed by atoms with Gasteiger partial charge in [-0.1, -0.05) is 12.1 Å². The standard InChI is InChI=1S/C17H10F3N5O3/c18-17(19,20)14-13(27-7-23-14)16(26)25-5-9-11(22-6-21-9)12(25)15-24-8-3-1-2-4-10(8)28-15/h1-4,6-7,12H,5H2,(H,21,22)/t12-/m0/s1. The van der Waals surface area contributed by atoms with Crippen LogP contribution in [-0.4, -0.2) is 30.7 Å². The molecule has 11 heteroatoms. The van der Waals surface area contributed by atoms with E-state index in [1.165, 1.54) is 6.33 Å². The van der Waals surface area contributed by atoms with E-state index >= 15 is 0 Å². The zero-order chi connectivity index (χ0) is 19.5. The first-order valence-electron chi connectivity index (χ1n) is 8.12. The molecule has 1 aromatic carbocycles. The molecule has 5 rings (SSSR count). The maximum absolute atomic E-state index is 13.1. The zero-order valence-electron chi connectivity index (χ0n) is 13.9. The fourth-order valence-electron chi connectivity index (χ4n) is 3.28. The van der Waals surface area contributed by atoms with Gasteiger partial charge in [-0.25, -0.2) is 15.0 Å². The van der Waals surface area contributed by atoms with Gasteiger partial charge in [-0.05, 0) is 12.1 Å².